The quantitative estimate of drug-likeness (QED) is 0.498. The van der Waals surface area contributed by atoms with Crippen LogP contribution in [0.25, 0.3) is 0 Å². The third kappa shape index (κ3) is 6.31. The third-order valence-electron chi connectivity index (χ3n) is 1.31. The summed E-state index contributed by atoms with van der Waals surface area (Å²) in [4.78, 5) is 15.2. The summed E-state index contributed by atoms with van der Waals surface area (Å²) >= 11 is 0. The molecule has 0 aromatic heterocycles. The number of nitrogens with zero attached hydrogens (tertiary/aromatic N) is 1. The molecule has 0 aliphatic carbocycles. The van der Waals surface area contributed by atoms with Crippen LogP contribution in [0.5, 0.6) is 0 Å². The highest BCUT2D eigenvalue weighted by Gasteiger charge is 2.13. The molecule has 1 unspecified atom stereocenters. The summed E-state index contributed by atoms with van der Waals surface area (Å²) in [6.07, 6.45) is 1.79. The smallest absolute Gasteiger partial charge is 0.330 e. The highest BCUT2D eigenvalue weighted by atomic mass is 16.5. The molecule has 0 rings (SSSR count). The van der Waals surface area contributed by atoms with Crippen molar-refractivity contribution in [3.8, 4) is 0 Å². The van der Waals surface area contributed by atoms with Crippen molar-refractivity contribution in [3.05, 3.63) is 0 Å². The Bertz CT molecular complexity index is 192. The van der Waals surface area contributed by atoms with E-state index in [1.807, 2.05) is 20.8 Å². The zero-order valence-corrected chi connectivity index (χ0v) is 9.13. The van der Waals surface area contributed by atoms with E-state index in [9.17, 15) is 4.79 Å². The molecule has 0 aromatic carbocycles. The number of hydrogen-bond acceptors (Lipinski definition) is 3. The summed E-state index contributed by atoms with van der Waals surface area (Å²) < 4.78 is 4.82. The molecule has 0 heterocycles. The summed E-state index contributed by atoms with van der Waals surface area (Å²) in [7, 11) is 0. The molecule has 0 radical (unpaired) electrons. The van der Waals surface area contributed by atoms with Crippen molar-refractivity contribution in [3.63, 3.8) is 0 Å². The van der Waals surface area contributed by atoms with Crippen LogP contribution in [0.4, 0.5) is 0 Å². The Balaban J connectivity index is 4.07. The molecule has 0 bridgehead atoms. The van der Waals surface area contributed by atoms with E-state index in [1.54, 1.807) is 20.1 Å². The second kappa shape index (κ2) is 5.00. The predicted octanol–water partition coefficient (Wildman–Crippen LogP) is 2.05. The van der Waals surface area contributed by atoms with Gasteiger partial charge in [-0.2, -0.15) is 0 Å². The van der Waals surface area contributed by atoms with E-state index in [2.05, 4.69) is 4.99 Å². The van der Waals surface area contributed by atoms with E-state index in [4.69, 9.17) is 4.74 Å². The van der Waals surface area contributed by atoms with Gasteiger partial charge in [-0.15, -0.1) is 0 Å². The van der Waals surface area contributed by atoms with Crippen LogP contribution in [0, 0.1) is 5.41 Å². The zero-order chi connectivity index (χ0) is 10.5. The Kier molecular flexibility index (Phi) is 4.67. The Morgan fingerprint density at radius 3 is 2.46 bits per heavy atom. The van der Waals surface area contributed by atoms with E-state index in [0.29, 0.717) is 6.61 Å². The lowest BCUT2D eigenvalue weighted by Crippen LogP contribution is -2.19. The lowest BCUT2D eigenvalue weighted by Gasteiger charge is -2.12. The monoisotopic (exact) mass is 185 g/mol. The third-order valence-corrected chi connectivity index (χ3v) is 1.31. The van der Waals surface area contributed by atoms with Gasteiger partial charge in [-0.3, -0.25) is 4.99 Å². The fourth-order valence-corrected chi connectivity index (χ4v) is 0.659. The molecule has 1 atom stereocenters. The van der Waals surface area contributed by atoms with Crippen molar-refractivity contribution in [2.75, 3.05) is 6.61 Å². The van der Waals surface area contributed by atoms with Crippen LogP contribution in [0.2, 0.25) is 0 Å². The Morgan fingerprint density at radius 1 is 1.54 bits per heavy atom. The number of carbonyl (C=O) groups is 1. The summed E-state index contributed by atoms with van der Waals surface area (Å²) in [6.45, 7) is 10.0. The van der Waals surface area contributed by atoms with Gasteiger partial charge < -0.3 is 4.74 Å². The second-order valence-electron chi connectivity index (χ2n) is 4.07. The molecular formula is C10H19NO2. The van der Waals surface area contributed by atoms with Crippen LogP contribution < -0.4 is 0 Å². The van der Waals surface area contributed by atoms with E-state index < -0.39 is 0 Å². The molecule has 3 heteroatoms. The number of rotatable bonds is 3. The van der Waals surface area contributed by atoms with Crippen molar-refractivity contribution < 1.29 is 9.53 Å². The highest BCUT2D eigenvalue weighted by Crippen LogP contribution is 2.09. The topological polar surface area (TPSA) is 38.7 Å². The molecule has 0 amide bonds. The second-order valence-corrected chi connectivity index (χ2v) is 4.07. The van der Waals surface area contributed by atoms with Gasteiger partial charge >= 0.3 is 5.97 Å². The number of carbonyl (C=O) groups excluding carboxylic acids is 1. The van der Waals surface area contributed by atoms with Gasteiger partial charge in [-0.05, 0) is 19.3 Å². The van der Waals surface area contributed by atoms with Crippen LogP contribution >= 0.6 is 0 Å². The number of ether oxygens (including phenoxy) is 1. The number of esters is 1. The van der Waals surface area contributed by atoms with Crippen LogP contribution in [0.3, 0.4) is 0 Å². The van der Waals surface area contributed by atoms with Gasteiger partial charge in [0.15, 0.2) is 0 Å². The molecule has 0 spiro atoms. The van der Waals surface area contributed by atoms with Crippen molar-refractivity contribution in [2.24, 2.45) is 10.4 Å². The first-order chi connectivity index (χ1) is 5.87. The van der Waals surface area contributed by atoms with Crippen molar-refractivity contribution in [1.29, 1.82) is 0 Å². The SMILES string of the molecule is CCOC(=O)C(C)/N=C/C(C)(C)C. The highest BCUT2D eigenvalue weighted by molar-refractivity contribution is 5.78. The largest absolute Gasteiger partial charge is 0.464 e. The average Bonchev–Trinajstić information content (AvgIpc) is 1.99. The van der Waals surface area contributed by atoms with Crippen LogP contribution in [-0.4, -0.2) is 24.8 Å². The van der Waals surface area contributed by atoms with Gasteiger partial charge in [0.1, 0.15) is 6.04 Å². The molecule has 0 saturated carbocycles. The molecule has 0 fully saturated rings. The first-order valence-corrected chi connectivity index (χ1v) is 4.58. The van der Waals surface area contributed by atoms with Crippen molar-refractivity contribution in [1.82, 2.24) is 0 Å². The number of hydrogen-bond donors (Lipinski definition) is 0. The Labute approximate surface area is 80.2 Å². The molecule has 3 nitrogen and oxygen atoms in total. The summed E-state index contributed by atoms with van der Waals surface area (Å²) in [6, 6.07) is -0.390. The maximum Gasteiger partial charge on any atom is 0.330 e. The van der Waals surface area contributed by atoms with Crippen molar-refractivity contribution in [2.45, 2.75) is 40.7 Å². The minimum Gasteiger partial charge on any atom is -0.464 e. The maximum absolute atomic E-state index is 11.1. The van der Waals surface area contributed by atoms with Crippen LogP contribution in [-0.2, 0) is 9.53 Å². The molecule has 0 N–H and O–H groups in total. The normalized spacial score (nSPS) is 14.5. The van der Waals surface area contributed by atoms with Gasteiger partial charge in [-0.1, -0.05) is 20.8 Å². The predicted molar refractivity (Wildman–Crippen MR) is 54.0 cm³/mol. The Morgan fingerprint density at radius 2 is 2.08 bits per heavy atom. The molecule has 76 valence electrons. The lowest BCUT2D eigenvalue weighted by atomic mass is 9.99. The molecule has 13 heavy (non-hydrogen) atoms. The minimum absolute atomic E-state index is 0.0146. The van der Waals surface area contributed by atoms with Crippen LogP contribution in [0.15, 0.2) is 4.99 Å². The van der Waals surface area contributed by atoms with E-state index in [1.165, 1.54) is 0 Å². The van der Waals surface area contributed by atoms with E-state index in [0.717, 1.165) is 0 Å². The van der Waals surface area contributed by atoms with Gasteiger partial charge in [0.05, 0.1) is 6.61 Å². The van der Waals surface area contributed by atoms with Gasteiger partial charge in [0.2, 0.25) is 0 Å². The lowest BCUT2D eigenvalue weighted by molar-refractivity contribution is -0.144. The first kappa shape index (κ1) is 12.1. The fourth-order valence-electron chi connectivity index (χ4n) is 0.659. The van der Waals surface area contributed by atoms with Gasteiger partial charge in [0.25, 0.3) is 0 Å². The molecule has 0 aliphatic heterocycles. The van der Waals surface area contributed by atoms with Gasteiger partial charge in [-0.25, -0.2) is 4.79 Å². The Hall–Kier alpha value is -0.860. The van der Waals surface area contributed by atoms with E-state index in [-0.39, 0.29) is 17.4 Å². The first-order valence-electron chi connectivity index (χ1n) is 4.58. The number of aliphatic imine (C=N–C) groups is 1. The van der Waals surface area contributed by atoms with E-state index >= 15 is 0 Å². The fraction of sp³-hybridized carbons (Fsp3) is 0.800. The standard InChI is InChI=1S/C10H19NO2/c1-6-13-9(12)8(2)11-7-10(3,4)5/h7-8H,6H2,1-5H3/b11-7+. The molecular weight excluding hydrogens is 166 g/mol. The molecule has 0 aliphatic rings. The zero-order valence-electron chi connectivity index (χ0n) is 9.13. The summed E-state index contributed by atoms with van der Waals surface area (Å²) in [5, 5.41) is 0. The average molecular weight is 185 g/mol. The summed E-state index contributed by atoms with van der Waals surface area (Å²) in [5.41, 5.74) is 0.0146. The van der Waals surface area contributed by atoms with Crippen LogP contribution in [0.1, 0.15) is 34.6 Å². The van der Waals surface area contributed by atoms with Crippen molar-refractivity contribution >= 4 is 12.2 Å². The molecule has 0 saturated heterocycles. The molecule has 0 aromatic rings. The summed E-state index contributed by atoms with van der Waals surface area (Å²) in [5.74, 6) is -0.261. The van der Waals surface area contributed by atoms with Gasteiger partial charge in [0, 0.05) is 6.21 Å². The maximum atomic E-state index is 11.1. The minimum atomic E-state index is -0.390.